The molecule has 0 aliphatic rings. The van der Waals surface area contributed by atoms with Crippen molar-refractivity contribution in [1.29, 1.82) is 0 Å². The summed E-state index contributed by atoms with van der Waals surface area (Å²) in [4.78, 5) is 17.3. The second kappa shape index (κ2) is 10.7. The maximum atomic E-state index is 14.7. The Hall–Kier alpha value is -2.72. The highest BCUT2D eigenvalue weighted by atomic mass is 35.5. The van der Waals surface area contributed by atoms with Crippen LogP contribution < -0.4 is 4.84 Å². The van der Waals surface area contributed by atoms with E-state index in [1.165, 1.54) is 25.1 Å². The summed E-state index contributed by atoms with van der Waals surface area (Å²) in [7, 11) is 2.72. The van der Waals surface area contributed by atoms with Crippen LogP contribution in [0, 0.1) is 0 Å². The molecule has 0 spiro atoms. The number of rotatable bonds is 9. The predicted octanol–water partition coefficient (Wildman–Crippen LogP) is 3.78. The average molecular weight is 507 g/mol. The maximum absolute atomic E-state index is 14.7. The zero-order valence-corrected chi connectivity index (χ0v) is 21.1. The summed E-state index contributed by atoms with van der Waals surface area (Å²) >= 11 is 5.45. The maximum Gasteiger partial charge on any atom is 0.270 e. The smallest absolute Gasteiger partial charge is 0.270 e. The molecule has 0 bridgehead atoms. The van der Waals surface area contributed by atoms with Gasteiger partial charge in [-0.25, -0.2) is 21.9 Å². The van der Waals surface area contributed by atoms with E-state index in [1.54, 1.807) is 42.9 Å². The molecule has 0 saturated heterocycles. The van der Waals surface area contributed by atoms with Crippen molar-refractivity contribution in [3.8, 4) is 0 Å². The number of nitrogens with zero attached hydrogens (tertiary/aromatic N) is 3. The Morgan fingerprint density at radius 3 is 2.32 bits per heavy atom. The van der Waals surface area contributed by atoms with Gasteiger partial charge in [0.05, 0.1) is 11.4 Å². The van der Waals surface area contributed by atoms with Crippen molar-refractivity contribution in [2.24, 2.45) is 0 Å². The van der Waals surface area contributed by atoms with E-state index in [1.807, 2.05) is 24.3 Å². The number of nitrogens with one attached hydrogen (secondary N) is 1. The molecule has 182 valence electrons. The topological polar surface area (TPSA) is 74.7 Å². The third kappa shape index (κ3) is 5.33. The lowest BCUT2D eigenvalue weighted by Crippen LogP contribution is -2.26. The minimum Gasteiger partial charge on any atom is -0.343 e. The summed E-state index contributed by atoms with van der Waals surface area (Å²) in [6.07, 6.45) is 1.70. The molecule has 1 heterocycles. The van der Waals surface area contributed by atoms with E-state index in [9.17, 15) is 17.6 Å². The van der Waals surface area contributed by atoms with Crippen LogP contribution in [0.3, 0.4) is 0 Å². The Bertz CT molecular complexity index is 1320. The van der Waals surface area contributed by atoms with E-state index in [0.29, 0.717) is 12.1 Å². The van der Waals surface area contributed by atoms with Gasteiger partial charge >= 0.3 is 0 Å². The van der Waals surface area contributed by atoms with E-state index in [-0.39, 0.29) is 23.9 Å². The molecule has 2 aromatic carbocycles. The molecule has 1 amide bonds. The van der Waals surface area contributed by atoms with Crippen LogP contribution in [0.4, 0.5) is 4.39 Å². The van der Waals surface area contributed by atoms with Gasteiger partial charge in [-0.2, -0.15) is 0 Å². The summed E-state index contributed by atoms with van der Waals surface area (Å²) in [6, 6.07) is 14.0. The second-order valence-corrected chi connectivity index (χ2v) is 10.6. The lowest BCUT2D eigenvalue weighted by Gasteiger charge is -2.16. The van der Waals surface area contributed by atoms with Gasteiger partial charge in [0.2, 0.25) is 10.0 Å². The van der Waals surface area contributed by atoms with Gasteiger partial charge in [0.1, 0.15) is 11.5 Å². The molecule has 0 atom stereocenters. The Kier molecular flexibility index (Phi) is 8.14. The van der Waals surface area contributed by atoms with Crippen molar-refractivity contribution in [2.45, 2.75) is 17.9 Å². The van der Waals surface area contributed by atoms with Gasteiger partial charge in [-0.05, 0) is 47.2 Å². The summed E-state index contributed by atoms with van der Waals surface area (Å²) < 4.78 is 42.3. The van der Waals surface area contributed by atoms with Crippen LogP contribution >= 0.6 is 11.8 Å². The van der Waals surface area contributed by atoms with Gasteiger partial charge in [0, 0.05) is 52.1 Å². The number of amides is 1. The molecular weight excluding hydrogens is 479 g/mol. The number of hydrogen-bond acceptors (Lipinski definition) is 4. The van der Waals surface area contributed by atoms with Crippen LogP contribution in [0.25, 0.3) is 10.9 Å². The first kappa shape index (κ1) is 25.9. The summed E-state index contributed by atoms with van der Waals surface area (Å²) in [6.45, 7) is 0.0343. The molecule has 0 aliphatic carbocycles. The number of sulfonamides is 1. The Balaban J connectivity index is 2.13. The molecule has 0 aliphatic heterocycles. The molecule has 1 aromatic heterocycles. The van der Waals surface area contributed by atoms with Crippen LogP contribution in [0.2, 0.25) is 0 Å². The van der Waals surface area contributed by atoms with Crippen molar-refractivity contribution < 1.29 is 17.6 Å². The van der Waals surface area contributed by atoms with E-state index in [4.69, 9.17) is 11.8 Å². The number of para-hydroxylation sites is 1. The molecule has 34 heavy (non-hydrogen) atoms. The predicted molar refractivity (Wildman–Crippen MR) is 133 cm³/mol. The minimum atomic E-state index is -3.55. The highest BCUT2D eigenvalue weighted by molar-refractivity contribution is 7.89. The first-order valence-corrected chi connectivity index (χ1v) is 12.4. The van der Waals surface area contributed by atoms with E-state index in [0.717, 1.165) is 26.3 Å². The van der Waals surface area contributed by atoms with Crippen molar-refractivity contribution in [3.05, 3.63) is 77.3 Å². The number of fused-ring (bicyclic) bond motifs is 1. The van der Waals surface area contributed by atoms with E-state index < -0.39 is 15.9 Å². The van der Waals surface area contributed by atoms with Gasteiger partial charge in [0.25, 0.3) is 5.91 Å². The third-order valence-corrected chi connectivity index (χ3v) is 7.46. The van der Waals surface area contributed by atoms with Crippen molar-refractivity contribution in [2.75, 3.05) is 34.7 Å². The van der Waals surface area contributed by atoms with Gasteiger partial charge in [-0.15, -0.1) is 0 Å². The molecule has 3 rings (SSSR count). The van der Waals surface area contributed by atoms with Crippen LogP contribution in [-0.2, 0) is 23.0 Å². The van der Waals surface area contributed by atoms with Crippen LogP contribution in [0.5, 0.6) is 0 Å². The van der Waals surface area contributed by atoms with Crippen LogP contribution in [0.1, 0.15) is 21.6 Å². The third-order valence-electron chi connectivity index (χ3n) is 5.48. The Morgan fingerprint density at radius 2 is 1.74 bits per heavy atom. The monoisotopic (exact) mass is 506 g/mol. The SMILES string of the molecule is CN(C)C(=O)c1c(Cc2ccc(S(=O)(=O)N(C)C)cc2)c2ccccc2n1C/C(F)=C/CNCl. The van der Waals surface area contributed by atoms with Crippen molar-refractivity contribution >= 4 is 38.6 Å². The highest BCUT2D eigenvalue weighted by Gasteiger charge is 2.25. The minimum absolute atomic E-state index is 0.117. The van der Waals surface area contributed by atoms with Crippen molar-refractivity contribution in [1.82, 2.24) is 18.6 Å². The average Bonchev–Trinajstić information content (AvgIpc) is 3.10. The number of aromatic nitrogens is 1. The van der Waals surface area contributed by atoms with E-state index >= 15 is 0 Å². The number of carbonyl (C=O) groups is 1. The molecule has 0 unspecified atom stereocenters. The van der Waals surface area contributed by atoms with Gasteiger partial charge in [-0.3, -0.25) is 4.79 Å². The van der Waals surface area contributed by atoms with Gasteiger partial charge < -0.3 is 9.47 Å². The largest absolute Gasteiger partial charge is 0.343 e. The number of allylic oxidation sites excluding steroid dienone is 1. The molecule has 3 aromatic rings. The molecule has 1 N–H and O–H groups in total. The highest BCUT2D eigenvalue weighted by Crippen LogP contribution is 2.30. The quantitative estimate of drug-likeness (QED) is 0.448. The lowest BCUT2D eigenvalue weighted by molar-refractivity contribution is 0.0817. The fourth-order valence-electron chi connectivity index (χ4n) is 3.73. The lowest BCUT2D eigenvalue weighted by atomic mass is 10.0. The molecule has 0 saturated carbocycles. The Labute approximate surface area is 204 Å². The molecule has 0 radical (unpaired) electrons. The second-order valence-electron chi connectivity index (χ2n) is 8.23. The van der Waals surface area contributed by atoms with Gasteiger partial charge in [-0.1, -0.05) is 30.3 Å². The van der Waals surface area contributed by atoms with Crippen molar-refractivity contribution in [3.63, 3.8) is 0 Å². The summed E-state index contributed by atoms with van der Waals surface area (Å²) in [5, 5.41) is 0.834. The van der Waals surface area contributed by atoms with Crippen LogP contribution in [-0.4, -0.2) is 62.8 Å². The number of benzene rings is 2. The molecular formula is C24H28ClFN4O3S. The summed E-state index contributed by atoms with van der Waals surface area (Å²) in [5.41, 5.74) is 2.70. The van der Waals surface area contributed by atoms with E-state index in [2.05, 4.69) is 4.84 Å². The summed E-state index contributed by atoms with van der Waals surface area (Å²) in [5.74, 6) is -0.673. The zero-order chi connectivity index (χ0) is 25.0. The fraction of sp³-hybridized carbons (Fsp3) is 0.292. The number of carbonyl (C=O) groups excluding carboxylic acids is 1. The molecule has 7 nitrogen and oxygen atoms in total. The zero-order valence-electron chi connectivity index (χ0n) is 19.5. The molecule has 10 heteroatoms. The standard InChI is InChI=1S/C24H28ClFN4O3S/c1-28(2)24(31)23-21(15-17-9-11-19(12-10-17)34(32,33)29(3)4)20-7-5-6-8-22(20)30(23)16-18(26)13-14-27-25/h5-13,27H,14-16H2,1-4H3/b18-13-. The van der Waals surface area contributed by atoms with Gasteiger partial charge in [0.15, 0.2) is 0 Å². The number of halogens is 2. The molecule has 0 fully saturated rings. The van der Waals surface area contributed by atoms with Crippen LogP contribution in [0.15, 0.2) is 65.3 Å². The normalized spacial score (nSPS) is 12.5. The number of hydrogen-bond donors (Lipinski definition) is 1. The first-order chi connectivity index (χ1) is 16.1. The fourth-order valence-corrected chi connectivity index (χ4v) is 4.71. The Morgan fingerprint density at radius 1 is 1.09 bits per heavy atom. The first-order valence-electron chi connectivity index (χ1n) is 10.6.